The van der Waals surface area contributed by atoms with E-state index in [9.17, 15) is 0 Å². The van der Waals surface area contributed by atoms with Crippen molar-refractivity contribution in [3.8, 4) is 11.6 Å². The fraction of sp³-hybridized carbons (Fsp3) is 0.0909. The van der Waals surface area contributed by atoms with Crippen LogP contribution >= 0.6 is 0 Å². The van der Waals surface area contributed by atoms with E-state index in [0.29, 0.717) is 0 Å². The number of aryl methyl sites for hydroxylation is 1. The van der Waals surface area contributed by atoms with Gasteiger partial charge in [0.25, 0.3) is 0 Å². The van der Waals surface area contributed by atoms with Crippen LogP contribution in [-0.4, -0.2) is 14.5 Å². The number of fused-ring (bicyclic) bond motifs is 1. The van der Waals surface area contributed by atoms with E-state index in [2.05, 4.69) is 9.97 Å². The van der Waals surface area contributed by atoms with Crippen molar-refractivity contribution in [1.82, 2.24) is 14.5 Å². The first-order chi connectivity index (χ1) is 7.36. The van der Waals surface area contributed by atoms with Gasteiger partial charge in [-0.25, -0.2) is 9.97 Å². The summed E-state index contributed by atoms with van der Waals surface area (Å²) >= 11 is 0. The SMILES string of the molecule is Cn1c(-c2ccco2)nc2ncccc21. The van der Waals surface area contributed by atoms with Gasteiger partial charge in [0.05, 0.1) is 11.8 Å². The lowest BCUT2D eigenvalue weighted by atomic mass is 10.4. The molecule has 0 spiro atoms. The molecule has 0 radical (unpaired) electrons. The van der Waals surface area contributed by atoms with Gasteiger partial charge in [-0.2, -0.15) is 0 Å². The number of nitrogens with zero attached hydrogens (tertiary/aromatic N) is 3. The lowest BCUT2D eigenvalue weighted by molar-refractivity contribution is 0.574. The fourth-order valence-corrected chi connectivity index (χ4v) is 1.65. The molecule has 0 fully saturated rings. The summed E-state index contributed by atoms with van der Waals surface area (Å²) in [6.07, 6.45) is 3.38. The van der Waals surface area contributed by atoms with Crippen molar-refractivity contribution in [3.05, 3.63) is 36.7 Å². The Morgan fingerprint density at radius 2 is 2.20 bits per heavy atom. The van der Waals surface area contributed by atoms with Gasteiger partial charge >= 0.3 is 0 Å². The minimum absolute atomic E-state index is 0.742. The van der Waals surface area contributed by atoms with Crippen LogP contribution in [0.5, 0.6) is 0 Å². The first-order valence-electron chi connectivity index (χ1n) is 4.67. The molecule has 3 heterocycles. The van der Waals surface area contributed by atoms with E-state index < -0.39 is 0 Å². The van der Waals surface area contributed by atoms with Crippen molar-refractivity contribution in [2.45, 2.75) is 0 Å². The molecule has 3 aromatic rings. The number of hydrogen-bond donors (Lipinski definition) is 0. The first-order valence-corrected chi connectivity index (χ1v) is 4.67. The highest BCUT2D eigenvalue weighted by atomic mass is 16.3. The third-order valence-corrected chi connectivity index (χ3v) is 2.40. The lowest BCUT2D eigenvalue weighted by Gasteiger charge is -1.97. The van der Waals surface area contributed by atoms with Crippen molar-refractivity contribution >= 4 is 11.2 Å². The van der Waals surface area contributed by atoms with Crippen molar-refractivity contribution in [1.29, 1.82) is 0 Å². The third kappa shape index (κ3) is 1.15. The maximum Gasteiger partial charge on any atom is 0.178 e. The second kappa shape index (κ2) is 2.95. The van der Waals surface area contributed by atoms with E-state index in [1.807, 2.05) is 35.9 Å². The highest BCUT2D eigenvalue weighted by molar-refractivity contribution is 5.75. The van der Waals surface area contributed by atoms with E-state index in [4.69, 9.17) is 4.42 Å². The minimum atomic E-state index is 0.742. The average molecular weight is 199 g/mol. The fourth-order valence-electron chi connectivity index (χ4n) is 1.65. The maximum absolute atomic E-state index is 5.32. The van der Waals surface area contributed by atoms with Gasteiger partial charge in [-0.15, -0.1) is 0 Å². The van der Waals surface area contributed by atoms with E-state index >= 15 is 0 Å². The summed E-state index contributed by atoms with van der Waals surface area (Å²) in [7, 11) is 1.95. The molecule has 0 amide bonds. The van der Waals surface area contributed by atoms with Crippen LogP contribution in [0.15, 0.2) is 41.1 Å². The summed E-state index contributed by atoms with van der Waals surface area (Å²) in [6.45, 7) is 0. The monoisotopic (exact) mass is 199 g/mol. The molecule has 4 heteroatoms. The summed E-state index contributed by atoms with van der Waals surface area (Å²) in [5.41, 5.74) is 1.75. The molecule has 0 unspecified atom stereocenters. The molecule has 0 aliphatic heterocycles. The number of imidazole rings is 1. The zero-order valence-corrected chi connectivity index (χ0v) is 8.21. The van der Waals surface area contributed by atoms with E-state index in [1.165, 1.54) is 0 Å². The van der Waals surface area contributed by atoms with Crippen LogP contribution in [0, 0.1) is 0 Å². The van der Waals surface area contributed by atoms with Crippen LogP contribution in [0.2, 0.25) is 0 Å². The Balaban J connectivity index is 2.33. The molecule has 0 saturated heterocycles. The van der Waals surface area contributed by atoms with E-state index in [1.54, 1.807) is 12.5 Å². The molecule has 0 N–H and O–H groups in total. The third-order valence-electron chi connectivity index (χ3n) is 2.40. The number of hydrogen-bond acceptors (Lipinski definition) is 3. The zero-order valence-electron chi connectivity index (χ0n) is 8.21. The number of aromatic nitrogens is 3. The minimum Gasteiger partial charge on any atom is -0.461 e. The molecule has 0 atom stereocenters. The summed E-state index contributed by atoms with van der Waals surface area (Å²) in [6, 6.07) is 7.63. The smallest absolute Gasteiger partial charge is 0.178 e. The standard InChI is InChI=1S/C11H9N3O/c1-14-8-4-2-6-12-10(8)13-11(14)9-5-3-7-15-9/h2-7H,1H3. The molecule has 4 nitrogen and oxygen atoms in total. The van der Waals surface area contributed by atoms with Crippen molar-refractivity contribution in [2.75, 3.05) is 0 Å². The van der Waals surface area contributed by atoms with Gasteiger partial charge in [-0.1, -0.05) is 0 Å². The quantitative estimate of drug-likeness (QED) is 0.603. The first kappa shape index (κ1) is 8.23. The van der Waals surface area contributed by atoms with Gasteiger partial charge in [0.15, 0.2) is 17.2 Å². The van der Waals surface area contributed by atoms with Crippen LogP contribution in [0.1, 0.15) is 0 Å². The predicted molar refractivity (Wildman–Crippen MR) is 56.2 cm³/mol. The predicted octanol–water partition coefficient (Wildman–Crippen LogP) is 2.23. The lowest BCUT2D eigenvalue weighted by Crippen LogP contribution is -1.90. The molecule has 0 aliphatic rings. The van der Waals surface area contributed by atoms with Gasteiger partial charge in [-0.3, -0.25) is 0 Å². The molecule has 0 saturated carbocycles. The second-order valence-electron chi connectivity index (χ2n) is 3.32. The normalized spacial score (nSPS) is 11.0. The Labute approximate surface area is 86.2 Å². The molecule has 3 aromatic heterocycles. The number of furan rings is 1. The Hall–Kier alpha value is -2.10. The molecule has 0 bridgehead atoms. The van der Waals surface area contributed by atoms with Crippen LogP contribution in [0.25, 0.3) is 22.7 Å². The van der Waals surface area contributed by atoms with Crippen LogP contribution in [0.3, 0.4) is 0 Å². The van der Waals surface area contributed by atoms with Gasteiger partial charge in [0, 0.05) is 13.2 Å². The second-order valence-corrected chi connectivity index (χ2v) is 3.32. The Morgan fingerprint density at radius 1 is 1.27 bits per heavy atom. The molecule has 3 rings (SSSR count). The van der Waals surface area contributed by atoms with Gasteiger partial charge in [0.2, 0.25) is 0 Å². The van der Waals surface area contributed by atoms with Crippen LogP contribution < -0.4 is 0 Å². The Morgan fingerprint density at radius 3 is 2.93 bits per heavy atom. The maximum atomic E-state index is 5.32. The molecular weight excluding hydrogens is 190 g/mol. The highest BCUT2D eigenvalue weighted by Gasteiger charge is 2.11. The highest BCUT2D eigenvalue weighted by Crippen LogP contribution is 2.22. The topological polar surface area (TPSA) is 43.9 Å². The van der Waals surface area contributed by atoms with E-state index in [-0.39, 0.29) is 0 Å². The van der Waals surface area contributed by atoms with Gasteiger partial charge in [-0.05, 0) is 24.3 Å². The molecule has 15 heavy (non-hydrogen) atoms. The molecular formula is C11H9N3O. The summed E-state index contributed by atoms with van der Waals surface area (Å²) < 4.78 is 7.29. The van der Waals surface area contributed by atoms with Crippen molar-refractivity contribution in [2.24, 2.45) is 7.05 Å². The number of rotatable bonds is 1. The zero-order chi connectivity index (χ0) is 10.3. The van der Waals surface area contributed by atoms with Crippen LogP contribution in [-0.2, 0) is 7.05 Å². The summed E-state index contributed by atoms with van der Waals surface area (Å²) in [4.78, 5) is 8.61. The van der Waals surface area contributed by atoms with Crippen LogP contribution in [0.4, 0.5) is 0 Å². The Kier molecular flexibility index (Phi) is 1.62. The summed E-state index contributed by atoms with van der Waals surface area (Å²) in [5, 5.41) is 0. The van der Waals surface area contributed by atoms with E-state index in [0.717, 1.165) is 22.7 Å². The molecule has 74 valence electrons. The van der Waals surface area contributed by atoms with Crippen molar-refractivity contribution in [3.63, 3.8) is 0 Å². The number of pyridine rings is 1. The van der Waals surface area contributed by atoms with Crippen molar-refractivity contribution < 1.29 is 4.42 Å². The average Bonchev–Trinajstić information content (AvgIpc) is 2.87. The summed E-state index contributed by atoms with van der Waals surface area (Å²) in [5.74, 6) is 1.56. The molecule has 0 aliphatic carbocycles. The van der Waals surface area contributed by atoms with Gasteiger partial charge < -0.3 is 8.98 Å². The van der Waals surface area contributed by atoms with Gasteiger partial charge in [0.1, 0.15) is 0 Å². The molecule has 0 aromatic carbocycles. The largest absolute Gasteiger partial charge is 0.461 e. The Bertz CT molecular complexity index is 595.